The van der Waals surface area contributed by atoms with Crippen LogP contribution in [0.3, 0.4) is 0 Å². The average molecular weight is 242 g/mol. The van der Waals surface area contributed by atoms with Gasteiger partial charge in [-0.15, -0.1) is 0 Å². The molecule has 0 saturated carbocycles. The van der Waals surface area contributed by atoms with Gasteiger partial charge in [-0.1, -0.05) is 12.2 Å². The highest BCUT2D eigenvalue weighted by Crippen LogP contribution is 2.20. The van der Waals surface area contributed by atoms with Gasteiger partial charge in [0.25, 0.3) is 0 Å². The fourth-order valence-electron chi connectivity index (χ4n) is 1.99. The SMILES string of the molecule is O=c1[nH]c(=S)c2c(n1COCCO)CCC2. The second-order valence-electron chi connectivity index (χ2n) is 3.73. The minimum atomic E-state index is -0.233. The number of aromatic nitrogens is 2. The molecule has 2 N–H and O–H groups in total. The number of hydrogen-bond acceptors (Lipinski definition) is 4. The summed E-state index contributed by atoms with van der Waals surface area (Å²) >= 11 is 5.11. The number of aromatic amines is 1. The monoisotopic (exact) mass is 242 g/mol. The molecule has 1 aliphatic carbocycles. The molecule has 0 saturated heterocycles. The number of fused-ring (bicyclic) bond motifs is 1. The third-order valence-electron chi connectivity index (χ3n) is 2.71. The van der Waals surface area contributed by atoms with Gasteiger partial charge < -0.3 is 9.84 Å². The number of nitrogens with zero attached hydrogens (tertiary/aromatic N) is 1. The average Bonchev–Trinajstić information content (AvgIpc) is 2.72. The highest BCUT2D eigenvalue weighted by molar-refractivity contribution is 7.71. The van der Waals surface area contributed by atoms with Crippen molar-refractivity contribution in [1.29, 1.82) is 0 Å². The fraction of sp³-hybridized carbons (Fsp3) is 0.600. The Labute approximate surface area is 97.7 Å². The van der Waals surface area contributed by atoms with Crippen LogP contribution in [0.5, 0.6) is 0 Å². The van der Waals surface area contributed by atoms with Gasteiger partial charge in [-0.25, -0.2) is 4.79 Å². The van der Waals surface area contributed by atoms with Crippen LogP contribution in [0.15, 0.2) is 4.79 Å². The lowest BCUT2D eigenvalue weighted by Gasteiger charge is -2.11. The number of nitrogens with one attached hydrogen (secondary N) is 1. The van der Waals surface area contributed by atoms with Gasteiger partial charge in [-0.3, -0.25) is 9.55 Å². The number of aliphatic hydroxyl groups is 1. The number of rotatable bonds is 4. The number of hydrogen-bond donors (Lipinski definition) is 2. The van der Waals surface area contributed by atoms with Crippen LogP contribution in [-0.2, 0) is 24.3 Å². The maximum Gasteiger partial charge on any atom is 0.328 e. The molecule has 0 bridgehead atoms. The third-order valence-corrected chi connectivity index (χ3v) is 3.06. The van der Waals surface area contributed by atoms with Crippen molar-refractivity contribution in [2.75, 3.05) is 13.2 Å². The number of H-pyrrole nitrogens is 1. The highest BCUT2D eigenvalue weighted by Gasteiger charge is 2.17. The third kappa shape index (κ3) is 2.09. The van der Waals surface area contributed by atoms with Gasteiger partial charge in [0.1, 0.15) is 11.4 Å². The molecule has 5 nitrogen and oxygen atoms in total. The lowest BCUT2D eigenvalue weighted by atomic mass is 10.3. The first-order chi connectivity index (χ1) is 7.74. The predicted octanol–water partition coefficient (Wildman–Crippen LogP) is 0.361. The van der Waals surface area contributed by atoms with Crippen LogP contribution in [0.2, 0.25) is 0 Å². The Balaban J connectivity index is 2.34. The second kappa shape index (κ2) is 4.90. The van der Waals surface area contributed by atoms with E-state index in [0.717, 1.165) is 30.5 Å². The molecule has 0 amide bonds. The first kappa shape index (κ1) is 11.5. The molecule has 0 spiro atoms. The van der Waals surface area contributed by atoms with Crippen LogP contribution in [0.4, 0.5) is 0 Å². The Morgan fingerprint density at radius 1 is 1.50 bits per heavy atom. The molecule has 1 aromatic heterocycles. The summed E-state index contributed by atoms with van der Waals surface area (Å²) in [4.78, 5) is 14.3. The van der Waals surface area contributed by atoms with E-state index in [1.54, 1.807) is 4.57 Å². The van der Waals surface area contributed by atoms with E-state index >= 15 is 0 Å². The maximum atomic E-state index is 11.7. The molecule has 0 aliphatic heterocycles. The molecule has 0 aromatic carbocycles. The maximum absolute atomic E-state index is 11.7. The quantitative estimate of drug-likeness (QED) is 0.591. The van der Waals surface area contributed by atoms with E-state index in [2.05, 4.69) is 4.98 Å². The minimum Gasteiger partial charge on any atom is -0.394 e. The van der Waals surface area contributed by atoms with Gasteiger partial charge in [0.15, 0.2) is 0 Å². The Morgan fingerprint density at radius 2 is 2.31 bits per heavy atom. The summed E-state index contributed by atoms with van der Waals surface area (Å²) in [5.74, 6) is 0. The molecule has 0 fully saturated rings. The summed E-state index contributed by atoms with van der Waals surface area (Å²) in [5, 5.41) is 8.61. The second-order valence-corrected chi connectivity index (χ2v) is 4.14. The lowest BCUT2D eigenvalue weighted by molar-refractivity contribution is 0.0443. The van der Waals surface area contributed by atoms with Crippen molar-refractivity contribution < 1.29 is 9.84 Å². The molecule has 1 aliphatic rings. The van der Waals surface area contributed by atoms with Crippen molar-refractivity contribution in [1.82, 2.24) is 9.55 Å². The summed E-state index contributed by atoms with van der Waals surface area (Å²) < 4.78 is 7.29. The normalized spacial score (nSPS) is 14.1. The van der Waals surface area contributed by atoms with E-state index in [1.165, 1.54) is 0 Å². The molecule has 16 heavy (non-hydrogen) atoms. The van der Waals surface area contributed by atoms with Gasteiger partial charge in [0.05, 0.1) is 13.2 Å². The van der Waals surface area contributed by atoms with E-state index in [0.29, 0.717) is 4.64 Å². The predicted molar refractivity (Wildman–Crippen MR) is 60.9 cm³/mol. The Kier molecular flexibility index (Phi) is 3.52. The smallest absolute Gasteiger partial charge is 0.328 e. The van der Waals surface area contributed by atoms with E-state index in [-0.39, 0.29) is 25.6 Å². The Bertz CT molecular complexity index is 492. The van der Waals surface area contributed by atoms with Crippen LogP contribution in [-0.4, -0.2) is 27.9 Å². The van der Waals surface area contributed by atoms with Crippen LogP contribution < -0.4 is 5.69 Å². The standard InChI is InChI=1S/C10H14N2O3S/c13-4-5-15-6-12-8-3-1-2-7(8)9(16)11-10(12)14/h13H,1-6H2,(H,11,14,16). The zero-order chi connectivity index (χ0) is 11.5. The molecular formula is C10H14N2O3S. The summed E-state index contributed by atoms with van der Waals surface area (Å²) in [5.41, 5.74) is 1.80. The van der Waals surface area contributed by atoms with Crippen molar-refractivity contribution in [2.24, 2.45) is 0 Å². The molecule has 1 heterocycles. The van der Waals surface area contributed by atoms with Crippen molar-refractivity contribution in [2.45, 2.75) is 26.0 Å². The highest BCUT2D eigenvalue weighted by atomic mass is 32.1. The lowest BCUT2D eigenvalue weighted by Crippen LogP contribution is -2.28. The van der Waals surface area contributed by atoms with Gasteiger partial charge in [0.2, 0.25) is 0 Å². The Morgan fingerprint density at radius 3 is 3.06 bits per heavy atom. The van der Waals surface area contributed by atoms with E-state index in [9.17, 15) is 4.79 Å². The fourth-order valence-corrected chi connectivity index (χ4v) is 2.30. The van der Waals surface area contributed by atoms with E-state index in [1.807, 2.05) is 0 Å². The molecule has 2 rings (SSSR count). The van der Waals surface area contributed by atoms with Gasteiger partial charge in [0, 0.05) is 11.3 Å². The van der Waals surface area contributed by atoms with Crippen molar-refractivity contribution >= 4 is 12.2 Å². The van der Waals surface area contributed by atoms with Crippen molar-refractivity contribution in [3.63, 3.8) is 0 Å². The number of ether oxygens (including phenoxy) is 1. The molecule has 1 aromatic rings. The summed E-state index contributed by atoms with van der Waals surface area (Å²) in [7, 11) is 0. The van der Waals surface area contributed by atoms with Crippen LogP contribution >= 0.6 is 12.2 Å². The first-order valence-corrected chi connectivity index (χ1v) is 5.68. The van der Waals surface area contributed by atoms with Crippen molar-refractivity contribution in [3.05, 3.63) is 26.4 Å². The van der Waals surface area contributed by atoms with Crippen LogP contribution in [0.1, 0.15) is 17.7 Å². The van der Waals surface area contributed by atoms with E-state index in [4.69, 9.17) is 22.1 Å². The zero-order valence-corrected chi connectivity index (χ0v) is 9.68. The topological polar surface area (TPSA) is 67.2 Å². The number of aliphatic hydroxyl groups excluding tert-OH is 1. The largest absolute Gasteiger partial charge is 0.394 e. The van der Waals surface area contributed by atoms with E-state index < -0.39 is 0 Å². The molecule has 6 heteroatoms. The van der Waals surface area contributed by atoms with Crippen LogP contribution in [0.25, 0.3) is 0 Å². The summed E-state index contributed by atoms with van der Waals surface area (Å²) in [6.07, 6.45) is 2.81. The minimum absolute atomic E-state index is 0.0419. The van der Waals surface area contributed by atoms with Gasteiger partial charge in [-0.2, -0.15) is 0 Å². The molecule has 0 unspecified atom stereocenters. The summed E-state index contributed by atoms with van der Waals surface area (Å²) in [6.45, 7) is 0.366. The molecule has 0 atom stereocenters. The molecule has 88 valence electrons. The zero-order valence-electron chi connectivity index (χ0n) is 8.86. The first-order valence-electron chi connectivity index (χ1n) is 5.27. The summed E-state index contributed by atoms with van der Waals surface area (Å²) in [6, 6.07) is 0. The van der Waals surface area contributed by atoms with Gasteiger partial charge >= 0.3 is 5.69 Å². The van der Waals surface area contributed by atoms with Crippen molar-refractivity contribution in [3.8, 4) is 0 Å². The molecular weight excluding hydrogens is 228 g/mol. The Hall–Kier alpha value is -0.980. The van der Waals surface area contributed by atoms with Crippen LogP contribution in [0, 0.1) is 4.64 Å². The molecule has 0 radical (unpaired) electrons. The van der Waals surface area contributed by atoms with Gasteiger partial charge in [-0.05, 0) is 19.3 Å².